The smallest absolute Gasteiger partial charge is 0.119 e. The first-order valence-electron chi connectivity index (χ1n) is 8.83. The predicted octanol–water partition coefficient (Wildman–Crippen LogP) is 4.40. The summed E-state index contributed by atoms with van der Waals surface area (Å²) in [4.78, 5) is 0. The minimum atomic E-state index is 0.765. The molecule has 2 nitrogen and oxygen atoms in total. The van der Waals surface area contributed by atoms with E-state index >= 15 is 0 Å². The number of fused-ring (bicyclic) bond motifs is 1. The standard InChI is InChI=1S/C19H29NO/c1-2-9-19(10-3-1)21-14-6-13-20-18-12-11-16-7-4-5-8-17(16)15-18/h1-3,9-10,16-18,20H,4-8,11-15H2. The lowest BCUT2D eigenvalue weighted by Gasteiger charge is -2.39. The van der Waals surface area contributed by atoms with Crippen LogP contribution < -0.4 is 10.1 Å². The number of hydrogen-bond donors (Lipinski definition) is 1. The topological polar surface area (TPSA) is 21.3 Å². The Morgan fingerprint density at radius 3 is 2.62 bits per heavy atom. The van der Waals surface area contributed by atoms with Crippen molar-refractivity contribution in [3.05, 3.63) is 30.3 Å². The van der Waals surface area contributed by atoms with Crippen molar-refractivity contribution in [1.82, 2.24) is 5.32 Å². The van der Waals surface area contributed by atoms with Gasteiger partial charge in [0.15, 0.2) is 0 Å². The van der Waals surface area contributed by atoms with Gasteiger partial charge in [-0.2, -0.15) is 0 Å². The third-order valence-corrected chi connectivity index (χ3v) is 5.31. The lowest BCUT2D eigenvalue weighted by molar-refractivity contribution is 0.143. The van der Waals surface area contributed by atoms with Gasteiger partial charge in [0.1, 0.15) is 5.75 Å². The van der Waals surface area contributed by atoms with Crippen molar-refractivity contribution in [2.75, 3.05) is 13.2 Å². The van der Waals surface area contributed by atoms with E-state index in [1.54, 1.807) is 0 Å². The number of rotatable bonds is 6. The molecule has 21 heavy (non-hydrogen) atoms. The monoisotopic (exact) mass is 287 g/mol. The number of hydrogen-bond acceptors (Lipinski definition) is 2. The minimum absolute atomic E-state index is 0.765. The van der Waals surface area contributed by atoms with E-state index in [2.05, 4.69) is 5.32 Å². The van der Waals surface area contributed by atoms with Gasteiger partial charge in [0.25, 0.3) is 0 Å². The lowest BCUT2D eigenvalue weighted by atomic mass is 9.69. The molecule has 116 valence electrons. The van der Waals surface area contributed by atoms with Gasteiger partial charge < -0.3 is 10.1 Å². The quantitative estimate of drug-likeness (QED) is 0.783. The van der Waals surface area contributed by atoms with E-state index in [0.717, 1.165) is 43.2 Å². The fraction of sp³-hybridized carbons (Fsp3) is 0.684. The van der Waals surface area contributed by atoms with Crippen LogP contribution >= 0.6 is 0 Å². The van der Waals surface area contributed by atoms with Crippen LogP contribution in [0.25, 0.3) is 0 Å². The molecule has 1 N–H and O–H groups in total. The van der Waals surface area contributed by atoms with E-state index in [4.69, 9.17) is 4.74 Å². The van der Waals surface area contributed by atoms with Crippen LogP contribution in [0.5, 0.6) is 5.75 Å². The van der Waals surface area contributed by atoms with E-state index in [0.29, 0.717) is 0 Å². The zero-order valence-electron chi connectivity index (χ0n) is 13.1. The van der Waals surface area contributed by atoms with Crippen LogP contribution in [0.3, 0.4) is 0 Å². The Labute approximate surface area is 129 Å². The molecule has 0 saturated heterocycles. The Kier molecular flexibility index (Phi) is 5.56. The zero-order valence-corrected chi connectivity index (χ0v) is 13.1. The molecule has 0 spiro atoms. The fourth-order valence-electron chi connectivity index (χ4n) is 4.14. The molecule has 3 unspecified atom stereocenters. The summed E-state index contributed by atoms with van der Waals surface area (Å²) in [6, 6.07) is 10.9. The van der Waals surface area contributed by atoms with Gasteiger partial charge in [-0.15, -0.1) is 0 Å². The van der Waals surface area contributed by atoms with E-state index in [1.165, 1.54) is 44.9 Å². The van der Waals surface area contributed by atoms with Crippen LogP contribution in [0.4, 0.5) is 0 Å². The Morgan fingerprint density at radius 1 is 0.952 bits per heavy atom. The van der Waals surface area contributed by atoms with Crippen molar-refractivity contribution in [2.24, 2.45) is 11.8 Å². The van der Waals surface area contributed by atoms with Crippen LogP contribution in [-0.4, -0.2) is 19.2 Å². The van der Waals surface area contributed by atoms with Crippen LogP contribution in [0.15, 0.2) is 30.3 Å². The van der Waals surface area contributed by atoms with Gasteiger partial charge in [0, 0.05) is 6.04 Å². The maximum Gasteiger partial charge on any atom is 0.119 e. The Morgan fingerprint density at radius 2 is 1.76 bits per heavy atom. The van der Waals surface area contributed by atoms with Crippen molar-refractivity contribution in [2.45, 2.75) is 57.4 Å². The van der Waals surface area contributed by atoms with Crippen molar-refractivity contribution in [3.63, 3.8) is 0 Å². The zero-order chi connectivity index (χ0) is 14.3. The highest BCUT2D eigenvalue weighted by atomic mass is 16.5. The molecule has 2 aliphatic rings. The molecule has 0 amide bonds. The third kappa shape index (κ3) is 4.47. The van der Waals surface area contributed by atoms with Crippen molar-refractivity contribution >= 4 is 0 Å². The molecule has 3 atom stereocenters. The Hall–Kier alpha value is -1.02. The highest BCUT2D eigenvalue weighted by Gasteiger charge is 2.31. The summed E-state index contributed by atoms with van der Waals surface area (Å²) < 4.78 is 5.74. The molecule has 1 aromatic carbocycles. The molecular formula is C19H29NO. The number of nitrogens with one attached hydrogen (secondary N) is 1. The molecule has 0 heterocycles. The summed E-state index contributed by atoms with van der Waals surface area (Å²) in [5, 5.41) is 3.76. The maximum absolute atomic E-state index is 5.74. The van der Waals surface area contributed by atoms with Gasteiger partial charge in [-0.25, -0.2) is 0 Å². The average Bonchev–Trinajstić information content (AvgIpc) is 2.55. The van der Waals surface area contributed by atoms with Gasteiger partial charge in [-0.3, -0.25) is 0 Å². The third-order valence-electron chi connectivity index (χ3n) is 5.31. The normalized spacial score (nSPS) is 28.9. The first-order chi connectivity index (χ1) is 10.4. The van der Waals surface area contributed by atoms with Crippen LogP contribution in [0, 0.1) is 11.8 Å². The largest absolute Gasteiger partial charge is 0.494 e. The van der Waals surface area contributed by atoms with Crippen molar-refractivity contribution < 1.29 is 4.74 Å². The van der Waals surface area contributed by atoms with E-state index in [-0.39, 0.29) is 0 Å². The summed E-state index contributed by atoms with van der Waals surface area (Å²) in [7, 11) is 0. The summed E-state index contributed by atoms with van der Waals surface area (Å²) in [6.45, 7) is 1.91. The second kappa shape index (κ2) is 7.84. The van der Waals surface area contributed by atoms with Gasteiger partial charge in [0.05, 0.1) is 6.61 Å². The Bertz CT molecular complexity index is 405. The van der Waals surface area contributed by atoms with E-state index < -0.39 is 0 Å². The average molecular weight is 287 g/mol. The highest BCUT2D eigenvalue weighted by Crippen LogP contribution is 2.40. The van der Waals surface area contributed by atoms with Crippen LogP contribution in [-0.2, 0) is 0 Å². The molecule has 2 saturated carbocycles. The van der Waals surface area contributed by atoms with Gasteiger partial charge >= 0.3 is 0 Å². The summed E-state index contributed by atoms with van der Waals surface area (Å²) in [6.07, 6.45) is 11.3. The maximum atomic E-state index is 5.74. The van der Waals surface area contributed by atoms with Gasteiger partial charge in [-0.05, 0) is 56.2 Å². The molecule has 0 aliphatic heterocycles. The lowest BCUT2D eigenvalue weighted by Crippen LogP contribution is -2.39. The second-order valence-electron chi connectivity index (χ2n) is 6.78. The molecular weight excluding hydrogens is 258 g/mol. The molecule has 0 radical (unpaired) electrons. The SMILES string of the molecule is c1ccc(OCCCNC2CCC3CCCCC3C2)cc1. The number of benzene rings is 1. The molecule has 2 aliphatic carbocycles. The number of para-hydroxylation sites is 1. The van der Waals surface area contributed by atoms with Crippen molar-refractivity contribution in [1.29, 1.82) is 0 Å². The molecule has 1 aromatic rings. The molecule has 0 bridgehead atoms. The van der Waals surface area contributed by atoms with Crippen molar-refractivity contribution in [3.8, 4) is 5.75 Å². The fourth-order valence-corrected chi connectivity index (χ4v) is 4.14. The second-order valence-corrected chi connectivity index (χ2v) is 6.78. The number of ether oxygens (including phenoxy) is 1. The highest BCUT2D eigenvalue weighted by molar-refractivity contribution is 5.20. The van der Waals surface area contributed by atoms with E-state index in [1.807, 2.05) is 30.3 Å². The first kappa shape index (κ1) is 14.9. The molecule has 0 aromatic heterocycles. The minimum Gasteiger partial charge on any atom is -0.494 e. The molecule has 2 fully saturated rings. The summed E-state index contributed by atoms with van der Waals surface area (Å²) in [5.74, 6) is 3.06. The molecule has 3 rings (SSSR count). The Balaban J connectivity index is 1.29. The van der Waals surface area contributed by atoms with Gasteiger partial charge in [0.2, 0.25) is 0 Å². The predicted molar refractivity (Wildman–Crippen MR) is 87.6 cm³/mol. The molecule has 2 heteroatoms. The summed E-state index contributed by atoms with van der Waals surface area (Å²) in [5.41, 5.74) is 0. The van der Waals surface area contributed by atoms with E-state index in [9.17, 15) is 0 Å². The van der Waals surface area contributed by atoms with Crippen LogP contribution in [0.2, 0.25) is 0 Å². The summed E-state index contributed by atoms with van der Waals surface area (Å²) >= 11 is 0. The van der Waals surface area contributed by atoms with Gasteiger partial charge in [-0.1, -0.05) is 43.9 Å². The first-order valence-corrected chi connectivity index (χ1v) is 8.83. The van der Waals surface area contributed by atoms with Crippen LogP contribution in [0.1, 0.15) is 51.4 Å².